The van der Waals surface area contributed by atoms with Crippen molar-refractivity contribution in [2.45, 2.75) is 26.2 Å². The second kappa shape index (κ2) is 5.71. The summed E-state index contributed by atoms with van der Waals surface area (Å²) < 4.78 is 2.08. The molecule has 3 heterocycles. The standard InChI is InChI=1S/C15H21N5/c1-11-19-10-14(20(11)2)15-13(17-7-8-18-15)9-12-3-5-16-6-4-12/h7-8,10,12,16H,3-6,9H2,1-2H3. The molecule has 1 aliphatic rings. The summed E-state index contributed by atoms with van der Waals surface area (Å²) in [6.45, 7) is 4.24. The highest BCUT2D eigenvalue weighted by Crippen LogP contribution is 2.24. The van der Waals surface area contributed by atoms with E-state index in [9.17, 15) is 0 Å². The minimum atomic E-state index is 0.709. The van der Waals surface area contributed by atoms with Crippen LogP contribution in [0.4, 0.5) is 0 Å². The van der Waals surface area contributed by atoms with Gasteiger partial charge in [-0.05, 0) is 45.2 Å². The Kier molecular flexibility index (Phi) is 3.78. The molecule has 0 bridgehead atoms. The average molecular weight is 271 g/mol. The maximum absolute atomic E-state index is 4.58. The molecule has 0 saturated carbocycles. The van der Waals surface area contributed by atoms with Crippen molar-refractivity contribution >= 4 is 0 Å². The number of piperidine rings is 1. The van der Waals surface area contributed by atoms with Crippen LogP contribution in [0.5, 0.6) is 0 Å². The van der Waals surface area contributed by atoms with Crippen molar-refractivity contribution in [2.75, 3.05) is 13.1 Å². The quantitative estimate of drug-likeness (QED) is 0.923. The number of aromatic nitrogens is 4. The molecule has 1 saturated heterocycles. The van der Waals surface area contributed by atoms with E-state index in [-0.39, 0.29) is 0 Å². The van der Waals surface area contributed by atoms with Crippen molar-refractivity contribution in [3.63, 3.8) is 0 Å². The van der Waals surface area contributed by atoms with Crippen molar-refractivity contribution in [3.05, 3.63) is 30.1 Å². The van der Waals surface area contributed by atoms with Crippen LogP contribution in [-0.4, -0.2) is 32.6 Å². The van der Waals surface area contributed by atoms with Crippen molar-refractivity contribution in [2.24, 2.45) is 13.0 Å². The molecule has 0 atom stereocenters. The number of aryl methyl sites for hydroxylation is 1. The fraction of sp³-hybridized carbons (Fsp3) is 0.533. The summed E-state index contributed by atoms with van der Waals surface area (Å²) in [5.41, 5.74) is 3.14. The highest BCUT2D eigenvalue weighted by Gasteiger charge is 2.18. The first kappa shape index (κ1) is 13.2. The van der Waals surface area contributed by atoms with Crippen molar-refractivity contribution in [3.8, 4) is 11.4 Å². The summed E-state index contributed by atoms with van der Waals surface area (Å²) in [5.74, 6) is 1.71. The van der Waals surface area contributed by atoms with E-state index in [0.717, 1.165) is 42.4 Å². The fourth-order valence-corrected chi connectivity index (χ4v) is 2.81. The van der Waals surface area contributed by atoms with E-state index < -0.39 is 0 Å². The van der Waals surface area contributed by atoms with E-state index in [1.54, 1.807) is 12.4 Å². The van der Waals surface area contributed by atoms with Gasteiger partial charge in [-0.2, -0.15) is 0 Å². The molecule has 1 fully saturated rings. The Balaban J connectivity index is 1.90. The number of nitrogens with one attached hydrogen (secondary N) is 1. The zero-order chi connectivity index (χ0) is 13.9. The highest BCUT2D eigenvalue weighted by molar-refractivity contribution is 5.57. The summed E-state index contributed by atoms with van der Waals surface area (Å²) in [6.07, 6.45) is 8.91. The number of hydrogen-bond acceptors (Lipinski definition) is 4. The molecular formula is C15H21N5. The van der Waals surface area contributed by atoms with Gasteiger partial charge in [0.1, 0.15) is 11.5 Å². The van der Waals surface area contributed by atoms with Crippen LogP contribution in [0.15, 0.2) is 18.6 Å². The molecule has 0 unspecified atom stereocenters. The molecule has 1 N–H and O–H groups in total. The predicted molar refractivity (Wildman–Crippen MR) is 78.3 cm³/mol. The number of imidazole rings is 1. The van der Waals surface area contributed by atoms with Crippen LogP contribution in [0.3, 0.4) is 0 Å². The summed E-state index contributed by atoms with van der Waals surface area (Å²) in [6, 6.07) is 0. The van der Waals surface area contributed by atoms with Gasteiger partial charge in [-0.25, -0.2) is 4.98 Å². The first-order valence-corrected chi connectivity index (χ1v) is 7.25. The molecule has 0 aliphatic carbocycles. The van der Waals surface area contributed by atoms with Gasteiger partial charge < -0.3 is 9.88 Å². The highest BCUT2D eigenvalue weighted by atomic mass is 15.1. The maximum Gasteiger partial charge on any atom is 0.110 e. The minimum Gasteiger partial charge on any atom is -0.330 e. The SMILES string of the molecule is Cc1ncc(-c2nccnc2CC2CCNCC2)n1C. The van der Waals surface area contributed by atoms with Gasteiger partial charge in [0.25, 0.3) is 0 Å². The van der Waals surface area contributed by atoms with Gasteiger partial charge in [0.15, 0.2) is 0 Å². The lowest BCUT2D eigenvalue weighted by Gasteiger charge is -2.22. The Morgan fingerprint density at radius 1 is 1.20 bits per heavy atom. The second-order valence-electron chi connectivity index (χ2n) is 5.50. The van der Waals surface area contributed by atoms with Gasteiger partial charge in [0, 0.05) is 19.4 Å². The topological polar surface area (TPSA) is 55.6 Å². The van der Waals surface area contributed by atoms with Gasteiger partial charge in [-0.3, -0.25) is 9.97 Å². The molecule has 0 spiro atoms. The normalized spacial score (nSPS) is 16.5. The van der Waals surface area contributed by atoms with Crippen LogP contribution in [0.1, 0.15) is 24.4 Å². The second-order valence-corrected chi connectivity index (χ2v) is 5.50. The first-order chi connectivity index (χ1) is 9.75. The van der Waals surface area contributed by atoms with Crippen LogP contribution in [0.2, 0.25) is 0 Å². The Hall–Kier alpha value is -1.75. The Labute approximate surface area is 119 Å². The monoisotopic (exact) mass is 271 g/mol. The minimum absolute atomic E-state index is 0.709. The Morgan fingerprint density at radius 3 is 2.65 bits per heavy atom. The number of hydrogen-bond donors (Lipinski definition) is 1. The lowest BCUT2D eigenvalue weighted by atomic mass is 9.92. The predicted octanol–water partition coefficient (Wildman–Crippen LogP) is 1.73. The van der Waals surface area contributed by atoms with E-state index >= 15 is 0 Å². The van der Waals surface area contributed by atoms with E-state index in [2.05, 4.69) is 24.8 Å². The van der Waals surface area contributed by atoms with E-state index in [0.29, 0.717) is 5.92 Å². The lowest BCUT2D eigenvalue weighted by molar-refractivity contribution is 0.370. The average Bonchev–Trinajstić information content (AvgIpc) is 2.81. The third-order valence-electron chi connectivity index (χ3n) is 4.18. The van der Waals surface area contributed by atoms with Gasteiger partial charge >= 0.3 is 0 Å². The van der Waals surface area contributed by atoms with Crippen LogP contribution < -0.4 is 5.32 Å². The number of rotatable bonds is 3. The zero-order valence-electron chi connectivity index (χ0n) is 12.1. The fourth-order valence-electron chi connectivity index (χ4n) is 2.81. The van der Waals surface area contributed by atoms with E-state index in [1.807, 2.05) is 20.2 Å². The van der Waals surface area contributed by atoms with Crippen LogP contribution in [0, 0.1) is 12.8 Å². The largest absolute Gasteiger partial charge is 0.330 e. The Bertz CT molecular complexity index is 584. The molecule has 0 aromatic carbocycles. The van der Waals surface area contributed by atoms with Gasteiger partial charge in [-0.15, -0.1) is 0 Å². The molecule has 3 rings (SSSR count). The first-order valence-electron chi connectivity index (χ1n) is 7.25. The third-order valence-corrected chi connectivity index (χ3v) is 4.18. The molecule has 2 aromatic heterocycles. The van der Waals surface area contributed by atoms with Gasteiger partial charge in [-0.1, -0.05) is 0 Å². The summed E-state index contributed by atoms with van der Waals surface area (Å²) in [5, 5.41) is 3.41. The zero-order valence-corrected chi connectivity index (χ0v) is 12.1. The van der Waals surface area contributed by atoms with Crippen molar-refractivity contribution < 1.29 is 0 Å². The smallest absolute Gasteiger partial charge is 0.110 e. The summed E-state index contributed by atoms with van der Waals surface area (Å²) >= 11 is 0. The van der Waals surface area contributed by atoms with E-state index in [1.165, 1.54) is 12.8 Å². The van der Waals surface area contributed by atoms with Gasteiger partial charge in [0.2, 0.25) is 0 Å². The summed E-state index contributed by atoms with van der Waals surface area (Å²) in [4.78, 5) is 13.5. The maximum atomic E-state index is 4.58. The lowest BCUT2D eigenvalue weighted by Crippen LogP contribution is -2.29. The number of nitrogens with zero attached hydrogens (tertiary/aromatic N) is 4. The van der Waals surface area contributed by atoms with Crippen LogP contribution in [-0.2, 0) is 13.5 Å². The molecule has 5 heteroatoms. The molecule has 1 aliphatic heterocycles. The molecule has 0 amide bonds. The van der Waals surface area contributed by atoms with E-state index in [4.69, 9.17) is 0 Å². The molecule has 106 valence electrons. The molecule has 5 nitrogen and oxygen atoms in total. The molecule has 20 heavy (non-hydrogen) atoms. The molecule has 2 aromatic rings. The molecular weight excluding hydrogens is 250 g/mol. The van der Waals surface area contributed by atoms with Crippen molar-refractivity contribution in [1.29, 1.82) is 0 Å². The Morgan fingerprint density at radius 2 is 1.95 bits per heavy atom. The third kappa shape index (κ3) is 2.58. The van der Waals surface area contributed by atoms with Crippen molar-refractivity contribution in [1.82, 2.24) is 24.8 Å². The molecule has 0 radical (unpaired) electrons. The van der Waals surface area contributed by atoms with Crippen LogP contribution in [0.25, 0.3) is 11.4 Å². The van der Waals surface area contributed by atoms with Gasteiger partial charge in [0.05, 0.1) is 17.6 Å². The van der Waals surface area contributed by atoms with Crippen LogP contribution >= 0.6 is 0 Å². The summed E-state index contributed by atoms with van der Waals surface area (Å²) in [7, 11) is 2.03.